The molecule has 13 rings (SSSR count). The number of pyridine rings is 1. The highest BCUT2D eigenvalue weighted by Gasteiger charge is 2.32. The van der Waals surface area contributed by atoms with Crippen LogP contribution in [0.3, 0.4) is 0 Å². The molecule has 0 atom stereocenters. The van der Waals surface area contributed by atoms with Crippen molar-refractivity contribution in [3.63, 3.8) is 0 Å². The van der Waals surface area contributed by atoms with E-state index in [0.29, 0.717) is 56.6 Å². The molecule has 8 bridgehead atoms. The molecule has 0 radical (unpaired) electrons. The van der Waals surface area contributed by atoms with Gasteiger partial charge in [0.05, 0.1) is 28.1 Å². The van der Waals surface area contributed by atoms with Gasteiger partial charge in [-0.15, -0.1) is 0 Å². The summed E-state index contributed by atoms with van der Waals surface area (Å²) in [6.45, 7) is -1.01. The maximum absolute atomic E-state index is 9.71. The van der Waals surface area contributed by atoms with Crippen molar-refractivity contribution in [2.45, 2.75) is 33.9 Å². The highest BCUT2D eigenvalue weighted by molar-refractivity contribution is 6.09. The molecule has 3 aliphatic heterocycles. The fraction of sp³-hybridized carbons (Fsp3) is 0.117. The minimum absolute atomic E-state index is 0.0318. The number of aryl methyl sites for hydroxylation is 2. The van der Waals surface area contributed by atoms with Crippen LogP contribution < -0.4 is 19.3 Å². The Hall–Kier alpha value is -8.09. The Kier molecular flexibility index (Phi) is 7.62. The summed E-state index contributed by atoms with van der Waals surface area (Å²) in [5, 5.41) is 1.85. The molecular formula is C60H48N4O2. The van der Waals surface area contributed by atoms with Crippen molar-refractivity contribution in [3.8, 4) is 62.2 Å². The zero-order valence-electron chi connectivity index (χ0n) is 44.3. The van der Waals surface area contributed by atoms with Gasteiger partial charge in [-0.2, -0.15) is 0 Å². The SMILES string of the molecule is [2H]C([2H])([2H])c1ccc2cc1Oc1ccc3c4ccccc4n(c3c1)-c1cc(C([2H])([2H])C(C)C)c(cn1)-c1ccccc1Oc1ccccc1-c1cccc(-c3ccccc3C([2H])([2H])[2H])c1N1CN2c2ccccc21. The minimum atomic E-state index is -2.54. The minimum Gasteiger partial charge on any atom is -0.457 e. The molecule has 0 spiro atoms. The Labute approximate surface area is 396 Å². The number of aromatic nitrogens is 2. The van der Waals surface area contributed by atoms with Crippen LogP contribution in [0.25, 0.3) is 61.0 Å². The van der Waals surface area contributed by atoms with Crippen molar-refractivity contribution in [1.82, 2.24) is 9.55 Å². The predicted octanol–water partition coefficient (Wildman–Crippen LogP) is 16.1. The van der Waals surface area contributed by atoms with E-state index in [1.165, 1.54) is 0 Å². The van der Waals surface area contributed by atoms with Crippen LogP contribution in [0.2, 0.25) is 0 Å². The third-order valence-electron chi connectivity index (χ3n) is 12.6. The molecule has 8 aromatic carbocycles. The number of rotatable bonds is 3. The van der Waals surface area contributed by atoms with Gasteiger partial charge in [-0.3, -0.25) is 4.57 Å². The van der Waals surface area contributed by atoms with Crippen molar-refractivity contribution in [2.75, 3.05) is 16.5 Å². The third kappa shape index (κ3) is 6.59. The van der Waals surface area contributed by atoms with E-state index in [4.69, 9.17) is 22.7 Å². The summed E-state index contributed by atoms with van der Waals surface area (Å²) >= 11 is 0. The molecule has 6 heteroatoms. The van der Waals surface area contributed by atoms with Crippen LogP contribution in [0.5, 0.6) is 23.0 Å². The number of fused-ring (bicyclic) bond motifs is 5. The molecule has 0 amide bonds. The lowest BCUT2D eigenvalue weighted by Gasteiger charge is -2.28. The van der Waals surface area contributed by atoms with E-state index in [1.54, 1.807) is 36.5 Å². The van der Waals surface area contributed by atoms with Gasteiger partial charge in [0.15, 0.2) is 0 Å². The van der Waals surface area contributed by atoms with Crippen LogP contribution in [0.1, 0.15) is 41.5 Å². The van der Waals surface area contributed by atoms with E-state index in [9.17, 15) is 2.74 Å². The molecule has 5 heterocycles. The fourth-order valence-corrected chi connectivity index (χ4v) is 9.65. The Morgan fingerprint density at radius 2 is 1.20 bits per heavy atom. The fourth-order valence-electron chi connectivity index (χ4n) is 9.65. The zero-order valence-corrected chi connectivity index (χ0v) is 36.3. The number of nitrogens with zero attached hydrogens (tertiary/aromatic N) is 4. The van der Waals surface area contributed by atoms with Crippen molar-refractivity contribution in [1.29, 1.82) is 0 Å². The number of ether oxygens (including phenoxy) is 2. The second kappa shape index (κ2) is 15.9. The quantitative estimate of drug-likeness (QED) is 0.177. The van der Waals surface area contributed by atoms with Crippen molar-refractivity contribution >= 4 is 44.6 Å². The summed E-state index contributed by atoms with van der Waals surface area (Å²) in [6, 6.07) is 57.0. The molecule has 0 unspecified atom stereocenters. The normalized spacial score (nSPS) is 15.3. The molecule has 0 saturated carbocycles. The molecule has 0 fully saturated rings. The standard InChI is InChI=1S/C60H48N4O2/c1-38(2)32-41-33-59-61-36-51(41)48-20-9-14-27-57(48)66-56-26-13-8-19-47(56)50-22-15-21-49(44-17-6-5-16-39(44)3)60(50)63-37-62(53-24-11-12-25-54(53)63)42-29-28-40(4)58(34-42)65-43-30-31-46-45-18-7-10-23-52(45)64(59)55(46)35-43/h5-31,33-36,38H,32,37H2,1-4H3/i3D3,4D3,32D2. The van der Waals surface area contributed by atoms with Gasteiger partial charge in [-0.25, -0.2) is 4.98 Å². The van der Waals surface area contributed by atoms with Crippen LogP contribution in [-0.2, 0) is 6.37 Å². The summed E-state index contributed by atoms with van der Waals surface area (Å²) < 4.78 is 87.4. The smallest absolute Gasteiger partial charge is 0.137 e. The van der Waals surface area contributed by atoms with Crippen molar-refractivity contribution < 1.29 is 20.4 Å². The van der Waals surface area contributed by atoms with Crippen molar-refractivity contribution in [3.05, 3.63) is 205 Å². The van der Waals surface area contributed by atoms with E-state index in [-0.39, 0.29) is 23.5 Å². The maximum Gasteiger partial charge on any atom is 0.137 e. The number of hydrogen-bond donors (Lipinski definition) is 0. The summed E-state index contributed by atoms with van der Waals surface area (Å²) in [5.41, 5.74) is 9.17. The Morgan fingerprint density at radius 1 is 0.545 bits per heavy atom. The van der Waals surface area contributed by atoms with E-state index in [2.05, 4.69) is 9.80 Å². The Balaban J connectivity index is 1.17. The second-order valence-corrected chi connectivity index (χ2v) is 17.0. The average Bonchev–Trinajstić information content (AvgIpc) is 3.94. The van der Waals surface area contributed by atoms with E-state index in [1.807, 2.05) is 170 Å². The summed E-state index contributed by atoms with van der Waals surface area (Å²) in [5.74, 6) is 1.57. The van der Waals surface area contributed by atoms with E-state index >= 15 is 0 Å². The van der Waals surface area contributed by atoms with Crippen LogP contribution in [0, 0.1) is 19.6 Å². The van der Waals surface area contributed by atoms with Crippen LogP contribution in [0.15, 0.2) is 188 Å². The largest absolute Gasteiger partial charge is 0.457 e. The van der Waals surface area contributed by atoms with E-state index < -0.39 is 26.0 Å². The molecule has 0 N–H and O–H groups in total. The molecule has 3 aliphatic rings. The molecule has 0 aliphatic carbocycles. The molecule has 10 aromatic rings. The zero-order chi connectivity index (χ0) is 51.3. The first kappa shape index (κ1) is 31.7. The van der Waals surface area contributed by atoms with Gasteiger partial charge >= 0.3 is 0 Å². The lowest BCUT2D eigenvalue weighted by atomic mass is 9.92. The lowest BCUT2D eigenvalue weighted by molar-refractivity contribution is 0.479. The maximum atomic E-state index is 9.71. The van der Waals surface area contributed by atoms with Crippen LogP contribution in [0.4, 0.5) is 22.7 Å². The van der Waals surface area contributed by atoms with E-state index in [0.717, 1.165) is 50.0 Å². The topological polar surface area (TPSA) is 42.8 Å². The van der Waals surface area contributed by atoms with Gasteiger partial charge in [-0.05, 0) is 103 Å². The summed E-state index contributed by atoms with van der Waals surface area (Å²) in [4.78, 5) is 9.41. The molecule has 320 valence electrons. The molecule has 2 aromatic heterocycles. The molecule has 6 nitrogen and oxygen atoms in total. The molecule has 66 heavy (non-hydrogen) atoms. The van der Waals surface area contributed by atoms with Gasteiger partial charge in [-0.1, -0.05) is 129 Å². The summed E-state index contributed by atoms with van der Waals surface area (Å²) in [6.07, 6.45) is -0.129. The van der Waals surface area contributed by atoms with Gasteiger partial charge in [0.2, 0.25) is 0 Å². The number of anilines is 4. The molecule has 0 saturated heterocycles. The highest BCUT2D eigenvalue weighted by atomic mass is 16.5. The van der Waals surface area contributed by atoms with Crippen LogP contribution in [-0.4, -0.2) is 16.2 Å². The van der Waals surface area contributed by atoms with Gasteiger partial charge < -0.3 is 19.3 Å². The predicted molar refractivity (Wildman–Crippen MR) is 272 cm³/mol. The summed E-state index contributed by atoms with van der Waals surface area (Å²) in [7, 11) is 0. The first-order chi connectivity index (χ1) is 35.6. The number of hydrogen-bond acceptors (Lipinski definition) is 5. The first-order valence-corrected chi connectivity index (χ1v) is 22.2. The Morgan fingerprint density at radius 3 is 1.98 bits per heavy atom. The van der Waals surface area contributed by atoms with Crippen LogP contribution >= 0.6 is 0 Å². The number of para-hydroxylation sites is 6. The van der Waals surface area contributed by atoms with Crippen molar-refractivity contribution in [2.24, 2.45) is 5.92 Å². The monoisotopic (exact) mass is 864 g/mol. The lowest BCUT2D eigenvalue weighted by Crippen LogP contribution is -2.25. The number of benzene rings is 8. The average molecular weight is 865 g/mol. The third-order valence-corrected chi connectivity index (χ3v) is 12.6. The van der Waals surface area contributed by atoms with Gasteiger partial charge in [0.25, 0.3) is 0 Å². The Bertz CT molecular complexity index is 3860. The second-order valence-electron chi connectivity index (χ2n) is 17.0. The molecular weight excluding hydrogens is 809 g/mol. The first-order valence-electron chi connectivity index (χ1n) is 26.2. The van der Waals surface area contributed by atoms with Gasteiger partial charge in [0.1, 0.15) is 35.5 Å². The van der Waals surface area contributed by atoms with Gasteiger partial charge in [0, 0.05) is 73.6 Å². The highest BCUT2D eigenvalue weighted by Crippen LogP contribution is 2.52.